The summed E-state index contributed by atoms with van der Waals surface area (Å²) in [5, 5.41) is 11.5. The van der Waals surface area contributed by atoms with Crippen LogP contribution in [0.25, 0.3) is 0 Å². The molecule has 9 heteroatoms. The fourth-order valence-corrected chi connectivity index (χ4v) is 7.18. The molecule has 2 heterocycles. The molecule has 0 bridgehead atoms. The van der Waals surface area contributed by atoms with Crippen LogP contribution >= 0.6 is 0 Å². The van der Waals surface area contributed by atoms with Crippen LogP contribution in [0.2, 0.25) is 0 Å². The van der Waals surface area contributed by atoms with E-state index >= 15 is 0 Å². The number of nitrogens with zero attached hydrogens (tertiary/aromatic N) is 2. The van der Waals surface area contributed by atoms with Gasteiger partial charge in [0.25, 0.3) is 10.0 Å². The minimum atomic E-state index is -3.93. The Balaban J connectivity index is 1.46. The highest BCUT2D eigenvalue weighted by Gasteiger charge is 2.46. The molecule has 0 aromatic heterocycles. The van der Waals surface area contributed by atoms with Crippen molar-refractivity contribution in [2.75, 3.05) is 26.2 Å². The molecular formula is C29H40FN3O4S. The Morgan fingerprint density at radius 1 is 1.16 bits per heavy atom. The first-order chi connectivity index (χ1) is 18.1. The van der Waals surface area contributed by atoms with Gasteiger partial charge in [0.05, 0.1) is 6.04 Å². The van der Waals surface area contributed by atoms with Crippen LogP contribution in [0, 0.1) is 5.82 Å². The Labute approximate surface area is 226 Å². The van der Waals surface area contributed by atoms with E-state index in [1.165, 1.54) is 18.1 Å². The van der Waals surface area contributed by atoms with Crippen LogP contribution in [0.4, 0.5) is 4.39 Å². The molecule has 4 rings (SSSR count). The molecule has 2 N–H and O–H groups in total. The fraction of sp³-hybridized carbons (Fsp3) is 0.552. The van der Waals surface area contributed by atoms with Crippen LogP contribution in [-0.4, -0.2) is 61.5 Å². The van der Waals surface area contributed by atoms with Crippen molar-refractivity contribution in [2.45, 2.75) is 75.7 Å². The quantitative estimate of drug-likeness (QED) is 0.481. The van der Waals surface area contributed by atoms with Crippen molar-refractivity contribution in [2.24, 2.45) is 4.40 Å². The van der Waals surface area contributed by atoms with Crippen molar-refractivity contribution in [3.8, 4) is 0 Å². The molecule has 208 valence electrons. The molecule has 2 aliphatic heterocycles. The van der Waals surface area contributed by atoms with Gasteiger partial charge in [0.15, 0.2) is 0 Å². The lowest BCUT2D eigenvalue weighted by molar-refractivity contribution is 0.0760. The van der Waals surface area contributed by atoms with Crippen LogP contribution in [0.15, 0.2) is 52.9 Å². The average Bonchev–Trinajstić information content (AvgIpc) is 2.87. The molecule has 1 fully saturated rings. The maximum Gasteiger partial charge on any atom is 0.301 e. The lowest BCUT2D eigenvalue weighted by Crippen LogP contribution is -2.53. The number of hydrogen-bond donors (Lipinski definition) is 2. The summed E-state index contributed by atoms with van der Waals surface area (Å²) >= 11 is 0. The van der Waals surface area contributed by atoms with Gasteiger partial charge in [-0.15, -0.1) is 4.40 Å². The summed E-state index contributed by atoms with van der Waals surface area (Å²) in [6, 6.07) is 13.6. The Kier molecular flexibility index (Phi) is 9.11. The van der Waals surface area contributed by atoms with Crippen LogP contribution in [0.1, 0.15) is 75.1 Å². The first kappa shape index (κ1) is 28.5. The normalized spacial score (nSPS) is 22.3. The number of piperidine rings is 1. The number of halogens is 1. The van der Waals surface area contributed by atoms with Crippen molar-refractivity contribution in [3.63, 3.8) is 0 Å². The molecule has 2 atom stereocenters. The lowest BCUT2D eigenvalue weighted by Gasteiger charge is -2.38. The second-order valence-corrected chi connectivity index (χ2v) is 12.7. The number of rotatable bonds is 9. The van der Waals surface area contributed by atoms with Crippen molar-refractivity contribution in [3.05, 3.63) is 71.0 Å². The number of benzene rings is 2. The van der Waals surface area contributed by atoms with Gasteiger partial charge in [-0.3, -0.25) is 0 Å². The zero-order valence-electron chi connectivity index (χ0n) is 22.6. The lowest BCUT2D eigenvalue weighted by atomic mass is 9.88. The van der Waals surface area contributed by atoms with Gasteiger partial charge in [-0.25, -0.2) is 12.8 Å². The summed E-state index contributed by atoms with van der Waals surface area (Å²) in [6.07, 6.45) is 3.91. The monoisotopic (exact) mass is 545 g/mol. The second kappa shape index (κ2) is 12.1. The third-order valence-corrected chi connectivity index (χ3v) is 9.57. The SMILES string of the molecule is CCCN1CCC(c2ccc(CC3C(C)(C)OC(N[C@@H](CCO)c4ccccc4F)=NS3(=O)=O)cc2)CC1. The van der Waals surface area contributed by atoms with Gasteiger partial charge in [-0.2, -0.15) is 0 Å². The van der Waals surface area contributed by atoms with Crippen LogP contribution < -0.4 is 5.32 Å². The predicted octanol–water partition coefficient (Wildman–Crippen LogP) is 4.53. The zero-order valence-corrected chi connectivity index (χ0v) is 23.4. The molecule has 1 saturated heterocycles. The Morgan fingerprint density at radius 2 is 1.84 bits per heavy atom. The highest BCUT2D eigenvalue weighted by molar-refractivity contribution is 7.91. The number of ether oxygens (including phenoxy) is 1. The van der Waals surface area contributed by atoms with E-state index in [1.54, 1.807) is 32.0 Å². The number of nitrogens with one attached hydrogen (secondary N) is 1. The van der Waals surface area contributed by atoms with Gasteiger partial charge in [-0.05, 0) is 88.7 Å². The topological polar surface area (TPSA) is 91.2 Å². The van der Waals surface area contributed by atoms with Gasteiger partial charge < -0.3 is 20.1 Å². The maximum absolute atomic E-state index is 14.4. The number of sulfonamides is 1. The Hall–Kier alpha value is -2.49. The zero-order chi connectivity index (χ0) is 27.3. The predicted molar refractivity (Wildman–Crippen MR) is 148 cm³/mol. The highest BCUT2D eigenvalue weighted by Crippen LogP contribution is 2.33. The molecule has 1 unspecified atom stereocenters. The molecule has 0 aliphatic carbocycles. The molecular weight excluding hydrogens is 505 g/mol. The van der Waals surface area contributed by atoms with E-state index in [9.17, 15) is 17.9 Å². The van der Waals surface area contributed by atoms with Crippen LogP contribution in [0.3, 0.4) is 0 Å². The third kappa shape index (κ3) is 6.74. The molecule has 0 amide bonds. The van der Waals surface area contributed by atoms with E-state index in [1.807, 2.05) is 12.1 Å². The van der Waals surface area contributed by atoms with Crippen LogP contribution in [0.5, 0.6) is 0 Å². The molecule has 2 aromatic rings. The summed E-state index contributed by atoms with van der Waals surface area (Å²) in [5.41, 5.74) is 1.45. The number of aliphatic hydroxyl groups is 1. The third-order valence-electron chi connectivity index (χ3n) is 7.70. The summed E-state index contributed by atoms with van der Waals surface area (Å²) in [5.74, 6) is 0.0831. The van der Waals surface area contributed by atoms with Crippen molar-refractivity contribution >= 4 is 16.0 Å². The Morgan fingerprint density at radius 3 is 2.45 bits per heavy atom. The van der Waals surface area contributed by atoms with Gasteiger partial charge in [0.2, 0.25) is 0 Å². The molecule has 2 aliphatic rings. The van der Waals surface area contributed by atoms with Crippen molar-refractivity contribution in [1.82, 2.24) is 10.2 Å². The van der Waals surface area contributed by atoms with E-state index in [4.69, 9.17) is 4.74 Å². The first-order valence-electron chi connectivity index (χ1n) is 13.6. The van der Waals surface area contributed by atoms with Gasteiger partial charge in [-0.1, -0.05) is 49.4 Å². The summed E-state index contributed by atoms with van der Waals surface area (Å²) in [4.78, 5) is 2.52. The second-order valence-electron chi connectivity index (χ2n) is 10.9. The number of hydrogen-bond acceptors (Lipinski definition) is 6. The number of aliphatic hydroxyl groups excluding tert-OH is 1. The van der Waals surface area contributed by atoms with Gasteiger partial charge >= 0.3 is 6.02 Å². The maximum atomic E-state index is 14.4. The average molecular weight is 546 g/mol. The van der Waals surface area contributed by atoms with Gasteiger partial charge in [0, 0.05) is 12.2 Å². The summed E-state index contributed by atoms with van der Waals surface area (Å²) in [6.45, 7) is 8.86. The van der Waals surface area contributed by atoms with E-state index in [0.717, 1.165) is 38.0 Å². The largest absolute Gasteiger partial charge is 0.457 e. The van der Waals surface area contributed by atoms with E-state index in [0.29, 0.717) is 11.5 Å². The molecule has 0 spiro atoms. The van der Waals surface area contributed by atoms with Gasteiger partial charge in [0.1, 0.15) is 16.7 Å². The number of amidine groups is 1. The van der Waals surface area contributed by atoms with E-state index in [2.05, 4.69) is 33.7 Å². The fourth-order valence-electron chi connectivity index (χ4n) is 5.57. The standard InChI is InChI=1S/C29H40FN3O4S/c1-4-16-33-17-13-23(14-18-33)22-11-9-21(10-12-22)20-27-29(2,3)37-28(32-38(27,35)36)31-26(15-19-34)24-7-5-6-8-25(24)30/h5-12,23,26-27,34H,4,13-20H2,1-3H3,(H,31,32)/t26-,27?/m0/s1. The van der Waals surface area contributed by atoms with E-state index < -0.39 is 32.7 Å². The minimum Gasteiger partial charge on any atom is -0.457 e. The Bertz CT molecular complexity index is 1210. The number of likely N-dealkylation sites (tertiary alicyclic amines) is 1. The first-order valence-corrected chi connectivity index (χ1v) is 15.1. The molecule has 0 radical (unpaired) electrons. The summed E-state index contributed by atoms with van der Waals surface area (Å²) in [7, 11) is -3.93. The molecule has 38 heavy (non-hydrogen) atoms. The van der Waals surface area contributed by atoms with Crippen molar-refractivity contribution in [1.29, 1.82) is 0 Å². The smallest absolute Gasteiger partial charge is 0.301 e. The molecule has 7 nitrogen and oxygen atoms in total. The van der Waals surface area contributed by atoms with Crippen molar-refractivity contribution < 1.29 is 22.7 Å². The summed E-state index contributed by atoms with van der Waals surface area (Å²) < 4.78 is 51.0. The highest BCUT2D eigenvalue weighted by atomic mass is 32.2. The molecule has 2 aromatic carbocycles. The minimum absolute atomic E-state index is 0.164. The van der Waals surface area contributed by atoms with E-state index in [-0.39, 0.29) is 25.5 Å². The van der Waals surface area contributed by atoms with Crippen LogP contribution in [-0.2, 0) is 21.2 Å². The molecule has 0 saturated carbocycles.